The average molecular weight is 341 g/mol. The SMILES string of the molecule is O=C(NCC1CC1)c1nc2c(o1)CCN(Cc1cccc(O)c1)CC2. The predicted molar refractivity (Wildman–Crippen MR) is 92.4 cm³/mol. The van der Waals surface area contributed by atoms with Gasteiger partial charge in [-0.3, -0.25) is 9.69 Å². The number of carbonyl (C=O) groups is 1. The van der Waals surface area contributed by atoms with E-state index >= 15 is 0 Å². The van der Waals surface area contributed by atoms with Crippen molar-refractivity contribution in [1.82, 2.24) is 15.2 Å². The molecule has 1 aromatic carbocycles. The molecule has 0 saturated heterocycles. The van der Waals surface area contributed by atoms with Gasteiger partial charge in [0.25, 0.3) is 5.89 Å². The third-order valence-electron chi connectivity index (χ3n) is 4.86. The molecule has 0 bridgehead atoms. The van der Waals surface area contributed by atoms with Crippen LogP contribution in [-0.2, 0) is 19.4 Å². The zero-order valence-corrected chi connectivity index (χ0v) is 14.2. The highest BCUT2D eigenvalue weighted by Crippen LogP contribution is 2.27. The van der Waals surface area contributed by atoms with Crippen LogP contribution >= 0.6 is 0 Å². The molecule has 0 radical (unpaired) electrons. The summed E-state index contributed by atoms with van der Waals surface area (Å²) in [4.78, 5) is 18.9. The number of phenols is 1. The molecule has 0 unspecified atom stereocenters. The lowest BCUT2D eigenvalue weighted by Crippen LogP contribution is -2.27. The number of nitrogens with one attached hydrogen (secondary N) is 1. The molecule has 1 saturated carbocycles. The van der Waals surface area contributed by atoms with Crippen molar-refractivity contribution in [3.05, 3.63) is 47.2 Å². The quantitative estimate of drug-likeness (QED) is 0.871. The predicted octanol–water partition coefficient (Wildman–Crippen LogP) is 2.12. The van der Waals surface area contributed by atoms with Crippen LogP contribution in [0.5, 0.6) is 5.75 Å². The number of benzene rings is 1. The lowest BCUT2D eigenvalue weighted by atomic mass is 10.2. The first-order chi connectivity index (χ1) is 12.2. The molecule has 1 amide bonds. The van der Waals surface area contributed by atoms with Crippen molar-refractivity contribution in [3.8, 4) is 5.75 Å². The number of rotatable bonds is 5. The molecule has 4 rings (SSSR count). The molecular weight excluding hydrogens is 318 g/mol. The molecule has 2 aliphatic rings. The lowest BCUT2D eigenvalue weighted by molar-refractivity contribution is 0.0915. The molecule has 2 N–H and O–H groups in total. The zero-order valence-electron chi connectivity index (χ0n) is 14.2. The Hall–Kier alpha value is -2.34. The van der Waals surface area contributed by atoms with E-state index < -0.39 is 0 Å². The largest absolute Gasteiger partial charge is 0.508 e. The second-order valence-corrected chi connectivity index (χ2v) is 6.99. The molecule has 0 atom stereocenters. The van der Waals surface area contributed by atoms with Crippen molar-refractivity contribution in [2.45, 2.75) is 32.2 Å². The first kappa shape index (κ1) is 16.1. The number of oxazole rings is 1. The second-order valence-electron chi connectivity index (χ2n) is 6.99. The molecule has 132 valence electrons. The topological polar surface area (TPSA) is 78.6 Å². The summed E-state index contributed by atoms with van der Waals surface area (Å²) in [5.74, 6) is 1.77. The summed E-state index contributed by atoms with van der Waals surface area (Å²) in [6.45, 7) is 3.22. The minimum absolute atomic E-state index is 0.198. The fourth-order valence-electron chi connectivity index (χ4n) is 3.21. The molecule has 1 aromatic heterocycles. The smallest absolute Gasteiger partial charge is 0.307 e. The maximum atomic E-state index is 12.1. The first-order valence-corrected chi connectivity index (χ1v) is 8.94. The van der Waals surface area contributed by atoms with E-state index in [1.54, 1.807) is 12.1 Å². The number of nitrogens with zero attached hydrogens (tertiary/aromatic N) is 2. The van der Waals surface area contributed by atoms with E-state index in [1.807, 2.05) is 12.1 Å². The highest BCUT2D eigenvalue weighted by atomic mass is 16.4. The van der Waals surface area contributed by atoms with Gasteiger partial charge in [0.15, 0.2) is 0 Å². The maximum absolute atomic E-state index is 12.1. The van der Waals surface area contributed by atoms with Crippen molar-refractivity contribution < 1.29 is 14.3 Å². The number of amides is 1. The number of carbonyl (C=O) groups excluding carboxylic acids is 1. The second kappa shape index (κ2) is 6.88. The van der Waals surface area contributed by atoms with Crippen molar-refractivity contribution in [3.63, 3.8) is 0 Å². The molecule has 1 fully saturated rings. The third-order valence-corrected chi connectivity index (χ3v) is 4.86. The van der Waals surface area contributed by atoms with E-state index in [2.05, 4.69) is 15.2 Å². The van der Waals surface area contributed by atoms with Crippen molar-refractivity contribution in [2.75, 3.05) is 19.6 Å². The third kappa shape index (κ3) is 4.02. The van der Waals surface area contributed by atoms with Crippen LogP contribution in [0.2, 0.25) is 0 Å². The van der Waals surface area contributed by atoms with Gasteiger partial charge in [0.05, 0.1) is 5.69 Å². The highest BCUT2D eigenvalue weighted by Gasteiger charge is 2.25. The van der Waals surface area contributed by atoms with Crippen molar-refractivity contribution in [1.29, 1.82) is 0 Å². The Morgan fingerprint density at radius 2 is 2.16 bits per heavy atom. The number of aromatic nitrogens is 1. The standard InChI is InChI=1S/C19H23N3O3/c23-15-3-1-2-14(10-15)12-22-8-6-16-17(7-9-22)25-19(21-16)18(24)20-11-13-4-5-13/h1-3,10,13,23H,4-9,11-12H2,(H,20,24). The van der Waals surface area contributed by atoms with E-state index in [4.69, 9.17) is 4.42 Å². The minimum Gasteiger partial charge on any atom is -0.508 e. The summed E-state index contributed by atoms with van der Waals surface area (Å²) in [7, 11) is 0. The Labute approximate surface area is 146 Å². The zero-order chi connectivity index (χ0) is 17.2. The monoisotopic (exact) mass is 341 g/mol. The van der Waals surface area contributed by atoms with Gasteiger partial charge < -0.3 is 14.8 Å². The van der Waals surface area contributed by atoms with Gasteiger partial charge in [0.2, 0.25) is 0 Å². The molecule has 6 nitrogen and oxygen atoms in total. The van der Waals surface area contributed by atoms with E-state index in [1.165, 1.54) is 12.8 Å². The van der Waals surface area contributed by atoms with Crippen LogP contribution in [-0.4, -0.2) is 40.5 Å². The number of fused-ring (bicyclic) bond motifs is 1. The molecule has 25 heavy (non-hydrogen) atoms. The van der Waals surface area contributed by atoms with Gasteiger partial charge in [-0.05, 0) is 36.5 Å². The van der Waals surface area contributed by atoms with Crippen LogP contribution in [0, 0.1) is 5.92 Å². The van der Waals surface area contributed by atoms with Crippen LogP contribution < -0.4 is 5.32 Å². The molecule has 2 heterocycles. The van der Waals surface area contributed by atoms with Gasteiger partial charge in [-0.15, -0.1) is 0 Å². The summed E-state index contributed by atoms with van der Waals surface area (Å²) >= 11 is 0. The Morgan fingerprint density at radius 3 is 2.96 bits per heavy atom. The highest BCUT2D eigenvalue weighted by molar-refractivity contribution is 5.89. The summed E-state index contributed by atoms with van der Waals surface area (Å²) in [5, 5.41) is 12.5. The van der Waals surface area contributed by atoms with Crippen LogP contribution in [0.1, 0.15) is 40.5 Å². The summed E-state index contributed by atoms with van der Waals surface area (Å²) in [5.41, 5.74) is 1.99. The lowest BCUT2D eigenvalue weighted by Gasteiger charge is -2.19. The van der Waals surface area contributed by atoms with Gasteiger partial charge >= 0.3 is 5.91 Å². The summed E-state index contributed by atoms with van der Waals surface area (Å²) in [6.07, 6.45) is 3.93. The molecule has 6 heteroatoms. The molecular formula is C19H23N3O3. The Morgan fingerprint density at radius 1 is 1.32 bits per heavy atom. The van der Waals surface area contributed by atoms with Crippen LogP contribution in [0.3, 0.4) is 0 Å². The van der Waals surface area contributed by atoms with Gasteiger partial charge in [-0.25, -0.2) is 4.98 Å². The molecule has 1 aliphatic heterocycles. The van der Waals surface area contributed by atoms with Crippen LogP contribution in [0.25, 0.3) is 0 Å². The van der Waals surface area contributed by atoms with E-state index in [9.17, 15) is 9.90 Å². The minimum atomic E-state index is -0.198. The molecule has 2 aromatic rings. The summed E-state index contributed by atoms with van der Waals surface area (Å²) in [6, 6.07) is 7.35. The Balaban J connectivity index is 1.36. The average Bonchev–Trinajstić information content (AvgIpc) is 3.37. The summed E-state index contributed by atoms with van der Waals surface area (Å²) < 4.78 is 5.73. The Bertz CT molecular complexity index is 742. The maximum Gasteiger partial charge on any atom is 0.307 e. The van der Waals surface area contributed by atoms with Gasteiger partial charge in [-0.2, -0.15) is 0 Å². The van der Waals surface area contributed by atoms with Crippen molar-refractivity contribution in [2.24, 2.45) is 5.92 Å². The fourth-order valence-corrected chi connectivity index (χ4v) is 3.21. The van der Waals surface area contributed by atoms with E-state index in [0.717, 1.165) is 56.0 Å². The van der Waals surface area contributed by atoms with Crippen molar-refractivity contribution >= 4 is 5.91 Å². The van der Waals surface area contributed by atoms with Gasteiger partial charge in [-0.1, -0.05) is 12.1 Å². The van der Waals surface area contributed by atoms with E-state index in [0.29, 0.717) is 11.7 Å². The number of hydrogen-bond acceptors (Lipinski definition) is 5. The molecule has 0 spiro atoms. The number of aromatic hydroxyl groups is 1. The normalized spacial score (nSPS) is 17.8. The number of hydrogen-bond donors (Lipinski definition) is 2. The first-order valence-electron chi connectivity index (χ1n) is 8.94. The fraction of sp³-hybridized carbons (Fsp3) is 0.474. The van der Waals surface area contributed by atoms with Crippen LogP contribution in [0.4, 0.5) is 0 Å². The molecule has 1 aliphatic carbocycles. The van der Waals surface area contributed by atoms with E-state index in [-0.39, 0.29) is 11.8 Å². The van der Waals surface area contributed by atoms with Gasteiger partial charge in [0, 0.05) is 39.0 Å². The number of phenolic OH excluding ortho intramolecular Hbond substituents is 1. The Kier molecular flexibility index (Phi) is 4.44. The van der Waals surface area contributed by atoms with Crippen LogP contribution in [0.15, 0.2) is 28.7 Å². The van der Waals surface area contributed by atoms with Gasteiger partial charge in [0.1, 0.15) is 11.5 Å².